The fourth-order valence-corrected chi connectivity index (χ4v) is 4.32. The normalized spacial score (nSPS) is 16.0. The maximum absolute atomic E-state index is 13.3. The SMILES string of the molecule is CCCCOC(=O)CSCC(=O)N1N=C(c2cccs2)C[C@H]1c1ccc(F)cc1. The second-order valence-corrected chi connectivity index (χ2v) is 8.53. The number of unbranched alkanes of at least 4 members (excludes halogenated alkanes) is 1. The van der Waals surface area contributed by atoms with E-state index in [4.69, 9.17) is 4.74 Å². The number of esters is 1. The summed E-state index contributed by atoms with van der Waals surface area (Å²) in [5.41, 5.74) is 1.67. The summed E-state index contributed by atoms with van der Waals surface area (Å²) in [6.07, 6.45) is 2.37. The average molecular weight is 435 g/mol. The lowest BCUT2D eigenvalue weighted by Crippen LogP contribution is -2.29. The topological polar surface area (TPSA) is 59.0 Å². The number of thiophene rings is 1. The van der Waals surface area contributed by atoms with Crippen molar-refractivity contribution in [3.8, 4) is 0 Å². The van der Waals surface area contributed by atoms with Gasteiger partial charge in [-0.3, -0.25) is 9.59 Å². The number of hydrazone groups is 1. The molecule has 0 fully saturated rings. The molecule has 1 aliphatic rings. The van der Waals surface area contributed by atoms with Crippen molar-refractivity contribution >= 4 is 40.7 Å². The van der Waals surface area contributed by atoms with Crippen molar-refractivity contribution in [2.75, 3.05) is 18.1 Å². The molecule has 0 aliphatic carbocycles. The summed E-state index contributed by atoms with van der Waals surface area (Å²) in [6, 6.07) is 9.79. The van der Waals surface area contributed by atoms with Crippen molar-refractivity contribution in [3.05, 3.63) is 58.0 Å². The van der Waals surface area contributed by atoms with Crippen LogP contribution in [0.25, 0.3) is 0 Å². The minimum atomic E-state index is -0.318. The van der Waals surface area contributed by atoms with E-state index in [9.17, 15) is 14.0 Å². The van der Waals surface area contributed by atoms with Gasteiger partial charge in [0.2, 0.25) is 0 Å². The molecule has 0 radical (unpaired) electrons. The van der Waals surface area contributed by atoms with Crippen LogP contribution in [0, 0.1) is 5.82 Å². The maximum Gasteiger partial charge on any atom is 0.315 e. The van der Waals surface area contributed by atoms with Gasteiger partial charge < -0.3 is 4.74 Å². The Labute approximate surface area is 177 Å². The first kappa shape index (κ1) is 21.5. The highest BCUT2D eigenvalue weighted by Gasteiger charge is 2.33. The summed E-state index contributed by atoms with van der Waals surface area (Å²) in [7, 11) is 0. The zero-order valence-corrected chi connectivity index (χ0v) is 17.8. The van der Waals surface area contributed by atoms with E-state index < -0.39 is 0 Å². The number of rotatable bonds is 9. The minimum absolute atomic E-state index is 0.127. The van der Waals surface area contributed by atoms with Gasteiger partial charge in [0.25, 0.3) is 5.91 Å². The largest absolute Gasteiger partial charge is 0.465 e. The summed E-state index contributed by atoms with van der Waals surface area (Å²) in [6.45, 7) is 2.44. The quantitative estimate of drug-likeness (QED) is 0.426. The third kappa shape index (κ3) is 5.90. The first-order valence-electron chi connectivity index (χ1n) is 9.50. The Morgan fingerprint density at radius 2 is 2.07 bits per heavy atom. The molecule has 0 saturated carbocycles. The van der Waals surface area contributed by atoms with Crippen LogP contribution >= 0.6 is 23.1 Å². The molecule has 5 nitrogen and oxygen atoms in total. The van der Waals surface area contributed by atoms with Crippen molar-refractivity contribution in [1.29, 1.82) is 0 Å². The van der Waals surface area contributed by atoms with Crippen LogP contribution < -0.4 is 0 Å². The molecule has 1 amide bonds. The van der Waals surface area contributed by atoms with Gasteiger partial charge in [-0.1, -0.05) is 31.5 Å². The van der Waals surface area contributed by atoms with Crippen LogP contribution in [0.4, 0.5) is 4.39 Å². The van der Waals surface area contributed by atoms with Crippen molar-refractivity contribution in [2.24, 2.45) is 5.10 Å². The smallest absolute Gasteiger partial charge is 0.315 e. The second kappa shape index (κ2) is 10.5. The average Bonchev–Trinajstić information content (AvgIpc) is 3.38. The number of carbonyl (C=O) groups is 2. The van der Waals surface area contributed by atoms with Crippen LogP contribution in [0.3, 0.4) is 0 Å². The zero-order chi connectivity index (χ0) is 20.6. The lowest BCUT2D eigenvalue weighted by molar-refractivity contribution is -0.140. The molecule has 0 saturated heterocycles. The second-order valence-electron chi connectivity index (χ2n) is 6.60. The zero-order valence-electron chi connectivity index (χ0n) is 16.2. The van der Waals surface area contributed by atoms with Crippen LogP contribution in [-0.2, 0) is 14.3 Å². The molecule has 2 heterocycles. The highest BCUT2D eigenvalue weighted by atomic mass is 32.2. The number of benzene rings is 1. The van der Waals surface area contributed by atoms with Crippen molar-refractivity contribution in [3.63, 3.8) is 0 Å². The Bertz CT molecular complexity index is 853. The van der Waals surface area contributed by atoms with Crippen molar-refractivity contribution in [1.82, 2.24) is 5.01 Å². The Morgan fingerprint density at radius 1 is 1.28 bits per heavy atom. The number of carbonyl (C=O) groups excluding carboxylic acids is 2. The number of hydrogen-bond donors (Lipinski definition) is 0. The molecule has 1 aliphatic heterocycles. The molecule has 8 heteroatoms. The van der Waals surface area contributed by atoms with E-state index in [1.54, 1.807) is 23.5 Å². The summed E-state index contributed by atoms with van der Waals surface area (Å²) < 4.78 is 18.4. The number of halogens is 1. The standard InChI is InChI=1S/C21H23FN2O3S2/c1-2-3-10-27-21(26)14-28-13-20(25)24-18(15-6-8-16(22)9-7-15)12-17(23-24)19-5-4-11-29-19/h4-9,11,18H,2-3,10,12-14H2,1H3/t18-/m0/s1. The van der Waals surface area contributed by atoms with E-state index in [2.05, 4.69) is 5.10 Å². The summed E-state index contributed by atoms with van der Waals surface area (Å²) in [5.74, 6) is -0.553. The molecular formula is C21H23FN2O3S2. The van der Waals surface area contributed by atoms with Gasteiger partial charge in [-0.25, -0.2) is 9.40 Å². The minimum Gasteiger partial charge on any atom is -0.465 e. The number of hydrogen-bond acceptors (Lipinski definition) is 6. The van der Waals surface area contributed by atoms with Gasteiger partial charge in [-0.05, 0) is 35.6 Å². The highest BCUT2D eigenvalue weighted by Crippen LogP contribution is 2.34. The predicted molar refractivity (Wildman–Crippen MR) is 115 cm³/mol. The number of amides is 1. The van der Waals surface area contributed by atoms with Crippen LogP contribution in [0.5, 0.6) is 0 Å². The molecule has 2 aromatic rings. The summed E-state index contributed by atoms with van der Waals surface area (Å²) >= 11 is 2.79. The summed E-state index contributed by atoms with van der Waals surface area (Å²) in [5, 5.41) is 7.99. The molecule has 0 unspecified atom stereocenters. The molecule has 0 bridgehead atoms. The van der Waals surface area contributed by atoms with E-state index in [1.165, 1.54) is 28.9 Å². The maximum atomic E-state index is 13.3. The van der Waals surface area contributed by atoms with E-state index in [-0.39, 0.29) is 35.2 Å². The number of thioether (sulfide) groups is 1. The van der Waals surface area contributed by atoms with Gasteiger partial charge in [0, 0.05) is 6.42 Å². The fourth-order valence-electron chi connectivity index (χ4n) is 2.94. The lowest BCUT2D eigenvalue weighted by Gasteiger charge is -2.22. The Balaban J connectivity index is 1.64. The van der Waals surface area contributed by atoms with Crippen molar-refractivity contribution in [2.45, 2.75) is 32.2 Å². The summed E-state index contributed by atoms with van der Waals surface area (Å²) in [4.78, 5) is 25.6. The molecule has 1 aromatic carbocycles. The Hall–Kier alpha value is -2.19. The van der Waals surface area contributed by atoms with Gasteiger partial charge in [0.05, 0.1) is 34.7 Å². The van der Waals surface area contributed by atoms with Gasteiger partial charge in [0.15, 0.2) is 0 Å². The van der Waals surface area contributed by atoms with Crippen LogP contribution in [-0.4, -0.2) is 40.7 Å². The van der Waals surface area contributed by atoms with E-state index in [0.29, 0.717) is 13.0 Å². The molecular weight excluding hydrogens is 411 g/mol. The highest BCUT2D eigenvalue weighted by molar-refractivity contribution is 8.00. The number of nitrogens with zero attached hydrogens (tertiary/aromatic N) is 2. The molecule has 3 rings (SSSR count). The molecule has 0 N–H and O–H groups in total. The molecule has 0 spiro atoms. The van der Waals surface area contributed by atoms with E-state index >= 15 is 0 Å². The van der Waals surface area contributed by atoms with Crippen LogP contribution in [0.1, 0.15) is 42.7 Å². The van der Waals surface area contributed by atoms with Gasteiger partial charge in [-0.2, -0.15) is 5.10 Å². The Morgan fingerprint density at radius 3 is 2.76 bits per heavy atom. The van der Waals surface area contributed by atoms with Gasteiger partial charge in [0.1, 0.15) is 5.82 Å². The third-order valence-electron chi connectivity index (χ3n) is 4.43. The Kier molecular flexibility index (Phi) is 7.83. The predicted octanol–water partition coefficient (Wildman–Crippen LogP) is 4.64. The lowest BCUT2D eigenvalue weighted by atomic mass is 10.0. The van der Waals surface area contributed by atoms with Crippen LogP contribution in [0.2, 0.25) is 0 Å². The molecule has 1 aromatic heterocycles. The monoisotopic (exact) mass is 434 g/mol. The first-order valence-corrected chi connectivity index (χ1v) is 11.5. The molecule has 154 valence electrons. The van der Waals surface area contributed by atoms with Gasteiger partial charge in [-0.15, -0.1) is 23.1 Å². The van der Waals surface area contributed by atoms with Gasteiger partial charge >= 0.3 is 5.97 Å². The third-order valence-corrected chi connectivity index (χ3v) is 6.24. The molecule has 29 heavy (non-hydrogen) atoms. The van der Waals surface area contributed by atoms with E-state index in [0.717, 1.165) is 29.0 Å². The van der Waals surface area contributed by atoms with Crippen molar-refractivity contribution < 1.29 is 18.7 Å². The fraction of sp³-hybridized carbons (Fsp3) is 0.381. The number of ether oxygens (including phenoxy) is 1. The van der Waals surface area contributed by atoms with Crippen LogP contribution in [0.15, 0.2) is 46.9 Å². The van der Waals surface area contributed by atoms with E-state index in [1.807, 2.05) is 24.4 Å². The molecule has 1 atom stereocenters. The first-order chi connectivity index (χ1) is 14.1.